The van der Waals surface area contributed by atoms with Gasteiger partial charge in [-0.15, -0.1) is 13.2 Å². The van der Waals surface area contributed by atoms with E-state index in [0.717, 1.165) is 24.3 Å². The van der Waals surface area contributed by atoms with Crippen LogP contribution in [-0.4, -0.2) is 18.2 Å². The molecule has 6 nitrogen and oxygen atoms in total. The molecule has 3 rings (SSSR count). The van der Waals surface area contributed by atoms with Crippen LogP contribution in [0, 0.1) is 5.82 Å². The summed E-state index contributed by atoms with van der Waals surface area (Å²) in [7, 11) is 0. The molecule has 0 spiro atoms. The highest BCUT2D eigenvalue weighted by molar-refractivity contribution is 6.32. The maximum absolute atomic E-state index is 14.9. The molecule has 0 saturated carbocycles. The molecule has 0 aliphatic carbocycles. The number of hydrogen-bond donors (Lipinski definition) is 2. The van der Waals surface area contributed by atoms with Crippen LogP contribution in [-0.2, 0) is 6.18 Å². The van der Waals surface area contributed by atoms with Gasteiger partial charge in [0, 0.05) is 17.3 Å². The first kappa shape index (κ1) is 26.6. The SMILES string of the molecule is NC(=O)c1cccc(NC(=O)c2c(Oc3ccc(OC(F)(F)F)c(Cl)c3)ccc(C(F)(F)F)c2F)c1. The Morgan fingerprint density at radius 3 is 2.17 bits per heavy atom. The van der Waals surface area contributed by atoms with Crippen LogP contribution in [0.25, 0.3) is 0 Å². The number of ether oxygens (including phenoxy) is 2. The summed E-state index contributed by atoms with van der Waals surface area (Å²) >= 11 is 5.72. The van der Waals surface area contributed by atoms with Gasteiger partial charge in [0.05, 0.1) is 10.6 Å². The lowest BCUT2D eigenvalue weighted by atomic mass is 10.1. The number of alkyl halides is 6. The third-order valence-electron chi connectivity index (χ3n) is 4.40. The zero-order valence-electron chi connectivity index (χ0n) is 17.4. The largest absolute Gasteiger partial charge is 0.573 e. The summed E-state index contributed by atoms with van der Waals surface area (Å²) in [5.41, 5.74) is 2.03. The minimum Gasteiger partial charge on any atom is -0.456 e. The molecule has 0 atom stereocenters. The summed E-state index contributed by atoms with van der Waals surface area (Å²) in [6, 6.07) is 8.40. The van der Waals surface area contributed by atoms with Crippen LogP contribution < -0.4 is 20.5 Å². The lowest BCUT2D eigenvalue weighted by molar-refractivity contribution is -0.274. The molecule has 0 saturated heterocycles. The van der Waals surface area contributed by atoms with E-state index < -0.39 is 57.8 Å². The average Bonchev–Trinajstić information content (AvgIpc) is 2.74. The Labute approximate surface area is 202 Å². The minimum atomic E-state index is -5.18. The number of rotatable bonds is 6. The van der Waals surface area contributed by atoms with E-state index >= 15 is 0 Å². The number of nitrogens with one attached hydrogen (secondary N) is 1. The molecule has 0 fully saturated rings. The van der Waals surface area contributed by atoms with E-state index in [1.165, 1.54) is 18.2 Å². The molecule has 0 unspecified atom stereocenters. The zero-order valence-corrected chi connectivity index (χ0v) is 18.2. The number of amides is 2. The lowest BCUT2D eigenvalue weighted by Crippen LogP contribution is -2.19. The number of primary amides is 1. The van der Waals surface area contributed by atoms with Gasteiger partial charge in [0.25, 0.3) is 5.91 Å². The number of benzene rings is 3. The van der Waals surface area contributed by atoms with Gasteiger partial charge in [-0.2, -0.15) is 13.2 Å². The third kappa shape index (κ3) is 6.36. The fraction of sp³-hybridized carbons (Fsp3) is 0.0909. The molecule has 0 aliphatic heterocycles. The average molecular weight is 537 g/mol. The summed E-state index contributed by atoms with van der Waals surface area (Å²) in [6.07, 6.45) is -10.2. The van der Waals surface area contributed by atoms with Gasteiger partial charge < -0.3 is 20.5 Å². The number of carbonyl (C=O) groups is 2. The molecule has 36 heavy (non-hydrogen) atoms. The van der Waals surface area contributed by atoms with E-state index in [2.05, 4.69) is 10.1 Å². The summed E-state index contributed by atoms with van der Waals surface area (Å²) in [6.45, 7) is 0. The number of nitrogens with two attached hydrogens (primary N) is 1. The van der Waals surface area contributed by atoms with Crippen molar-refractivity contribution < 1.29 is 49.8 Å². The monoisotopic (exact) mass is 536 g/mol. The van der Waals surface area contributed by atoms with Gasteiger partial charge in [-0.05, 0) is 42.5 Å². The van der Waals surface area contributed by atoms with Gasteiger partial charge in [0.2, 0.25) is 5.91 Å². The Balaban J connectivity index is 2.01. The number of hydrogen-bond acceptors (Lipinski definition) is 4. The van der Waals surface area contributed by atoms with Gasteiger partial charge in [0.15, 0.2) is 5.82 Å². The molecular weight excluding hydrogens is 525 g/mol. The lowest BCUT2D eigenvalue weighted by Gasteiger charge is -2.17. The van der Waals surface area contributed by atoms with Crippen molar-refractivity contribution in [3.8, 4) is 17.2 Å². The second-order valence-electron chi connectivity index (χ2n) is 6.94. The summed E-state index contributed by atoms with van der Waals surface area (Å²) in [5.74, 6) is -6.11. The van der Waals surface area contributed by atoms with Crippen molar-refractivity contribution in [3.05, 3.63) is 82.1 Å². The standard InChI is InChI=1S/C22H12ClF7N2O4/c23-14-9-12(4-6-15(14)36-22(28,29)30)35-16-7-5-13(21(25,26)27)18(24)17(16)20(34)32-11-3-1-2-10(8-11)19(31)33/h1-9H,(H2,31,33)(H,32,34). The number of anilines is 1. The van der Waals surface area contributed by atoms with E-state index in [9.17, 15) is 40.3 Å². The molecule has 0 heterocycles. The molecule has 3 N–H and O–H groups in total. The second-order valence-corrected chi connectivity index (χ2v) is 7.35. The maximum Gasteiger partial charge on any atom is 0.573 e. The fourth-order valence-corrected chi connectivity index (χ4v) is 3.11. The molecule has 0 aliphatic rings. The molecule has 0 bridgehead atoms. The van der Waals surface area contributed by atoms with Gasteiger partial charge in [-0.3, -0.25) is 9.59 Å². The molecule has 2 amide bonds. The van der Waals surface area contributed by atoms with Crippen LogP contribution in [0.3, 0.4) is 0 Å². The van der Waals surface area contributed by atoms with Crippen molar-refractivity contribution in [1.29, 1.82) is 0 Å². The van der Waals surface area contributed by atoms with Crippen molar-refractivity contribution >= 4 is 29.1 Å². The Morgan fingerprint density at radius 2 is 1.58 bits per heavy atom. The van der Waals surface area contributed by atoms with Crippen molar-refractivity contribution in [2.45, 2.75) is 12.5 Å². The predicted molar refractivity (Wildman–Crippen MR) is 113 cm³/mol. The maximum atomic E-state index is 14.9. The highest BCUT2D eigenvalue weighted by Crippen LogP contribution is 2.39. The molecule has 3 aromatic rings. The Morgan fingerprint density at radius 1 is 0.917 bits per heavy atom. The highest BCUT2D eigenvalue weighted by Gasteiger charge is 2.37. The summed E-state index contributed by atoms with van der Waals surface area (Å²) in [5, 5.41) is 1.55. The second kappa shape index (κ2) is 9.93. The van der Waals surface area contributed by atoms with Crippen LogP contribution in [0.5, 0.6) is 17.2 Å². The minimum absolute atomic E-state index is 0.0513. The van der Waals surface area contributed by atoms with E-state index in [1.54, 1.807) is 0 Å². The predicted octanol–water partition coefficient (Wildman–Crippen LogP) is 6.54. The topological polar surface area (TPSA) is 90.7 Å². The van der Waals surface area contributed by atoms with Gasteiger partial charge in [-0.25, -0.2) is 4.39 Å². The van der Waals surface area contributed by atoms with Crippen molar-refractivity contribution in [2.75, 3.05) is 5.32 Å². The normalized spacial score (nSPS) is 11.7. The Bertz CT molecular complexity index is 1330. The highest BCUT2D eigenvalue weighted by atomic mass is 35.5. The van der Waals surface area contributed by atoms with Crippen LogP contribution in [0.15, 0.2) is 54.6 Å². The van der Waals surface area contributed by atoms with Crippen LogP contribution in [0.2, 0.25) is 5.02 Å². The first-order valence-corrected chi connectivity index (χ1v) is 9.87. The molecule has 0 aromatic heterocycles. The van der Waals surface area contributed by atoms with Crippen LogP contribution in [0.4, 0.5) is 36.4 Å². The van der Waals surface area contributed by atoms with Gasteiger partial charge in [-0.1, -0.05) is 17.7 Å². The van der Waals surface area contributed by atoms with E-state index in [-0.39, 0.29) is 17.0 Å². The molecule has 190 valence electrons. The molecule has 14 heteroatoms. The smallest absolute Gasteiger partial charge is 0.456 e. The van der Waals surface area contributed by atoms with E-state index in [1.807, 2.05) is 0 Å². The quantitative estimate of drug-likeness (QED) is 0.350. The Hall–Kier alpha value is -4.00. The first-order chi connectivity index (χ1) is 16.7. The summed E-state index contributed by atoms with van der Waals surface area (Å²) in [4.78, 5) is 24.1. The number of carbonyl (C=O) groups excluding carboxylic acids is 2. The number of halogens is 8. The van der Waals surface area contributed by atoms with E-state index in [4.69, 9.17) is 22.1 Å². The van der Waals surface area contributed by atoms with Crippen molar-refractivity contribution in [2.24, 2.45) is 5.73 Å². The molecule has 3 aromatic carbocycles. The van der Waals surface area contributed by atoms with E-state index in [0.29, 0.717) is 12.1 Å². The zero-order chi connectivity index (χ0) is 26.8. The van der Waals surface area contributed by atoms with Crippen molar-refractivity contribution in [1.82, 2.24) is 0 Å². The van der Waals surface area contributed by atoms with Crippen LogP contribution >= 0.6 is 11.6 Å². The molecular formula is C22H12ClF7N2O4. The van der Waals surface area contributed by atoms with Crippen molar-refractivity contribution in [3.63, 3.8) is 0 Å². The molecule has 0 radical (unpaired) electrons. The Kier molecular flexibility index (Phi) is 7.34. The van der Waals surface area contributed by atoms with Crippen LogP contribution in [0.1, 0.15) is 26.3 Å². The van der Waals surface area contributed by atoms with Gasteiger partial charge in [0.1, 0.15) is 22.8 Å². The summed E-state index contributed by atoms with van der Waals surface area (Å²) < 4.78 is 101. The fourth-order valence-electron chi connectivity index (χ4n) is 2.90. The third-order valence-corrected chi connectivity index (χ3v) is 4.69. The first-order valence-electron chi connectivity index (χ1n) is 9.50. The van der Waals surface area contributed by atoms with Gasteiger partial charge >= 0.3 is 12.5 Å².